The maximum Gasteiger partial charge on any atom is 0.0250 e. The lowest BCUT2D eigenvalue weighted by Gasteiger charge is -2.44. The lowest BCUT2D eigenvalue weighted by Crippen LogP contribution is -2.36. The van der Waals surface area contributed by atoms with E-state index in [0.717, 1.165) is 35.5 Å². The van der Waals surface area contributed by atoms with Gasteiger partial charge in [0.25, 0.3) is 0 Å². The maximum absolute atomic E-state index is 3.73. The van der Waals surface area contributed by atoms with Crippen LogP contribution in [0.1, 0.15) is 90.9 Å². The molecule has 4 rings (SSSR count). The van der Waals surface area contributed by atoms with Crippen molar-refractivity contribution >= 4 is 0 Å². The first-order valence-corrected chi connectivity index (χ1v) is 13.5. The van der Waals surface area contributed by atoms with Crippen LogP contribution in [0.5, 0.6) is 0 Å². The lowest BCUT2D eigenvalue weighted by molar-refractivity contribution is 0.0933. The standard InChI is InChI=1S/C28H48N2/c1-21-9-11-23(12-10-21)28-20-24(13-15-26-7-3-5-17-29-26)22(2)19-25(28)14-16-27-8-4-6-18-30-27/h13-16,21-30H,3-12,17-20H2,1-2H3/b15-13+,16-14+. The predicted octanol–water partition coefficient (Wildman–Crippen LogP) is 6.49. The molecular formula is C28H48N2. The van der Waals surface area contributed by atoms with Crippen LogP contribution in [-0.2, 0) is 0 Å². The van der Waals surface area contributed by atoms with Gasteiger partial charge in [-0.2, -0.15) is 0 Å². The molecule has 2 heterocycles. The zero-order valence-electron chi connectivity index (χ0n) is 19.8. The summed E-state index contributed by atoms with van der Waals surface area (Å²) in [5, 5.41) is 7.44. The summed E-state index contributed by atoms with van der Waals surface area (Å²) in [5.41, 5.74) is 0. The Kier molecular flexibility index (Phi) is 8.52. The van der Waals surface area contributed by atoms with Gasteiger partial charge in [0.2, 0.25) is 0 Å². The normalized spacial score (nSPS) is 43.9. The van der Waals surface area contributed by atoms with Crippen molar-refractivity contribution in [1.82, 2.24) is 10.6 Å². The number of hydrogen-bond donors (Lipinski definition) is 2. The Hall–Kier alpha value is -0.600. The first-order chi connectivity index (χ1) is 14.7. The lowest BCUT2D eigenvalue weighted by atomic mass is 9.61. The molecule has 0 aromatic heterocycles. The smallest absolute Gasteiger partial charge is 0.0250 e. The van der Waals surface area contributed by atoms with E-state index >= 15 is 0 Å². The molecule has 2 N–H and O–H groups in total. The molecule has 0 spiro atoms. The molecule has 0 bridgehead atoms. The van der Waals surface area contributed by atoms with Crippen LogP contribution in [0.3, 0.4) is 0 Å². The molecule has 30 heavy (non-hydrogen) atoms. The Morgan fingerprint density at radius 2 is 1.20 bits per heavy atom. The molecule has 0 radical (unpaired) electrons. The highest BCUT2D eigenvalue weighted by Gasteiger charge is 2.38. The minimum atomic E-state index is 0.634. The van der Waals surface area contributed by atoms with Crippen LogP contribution >= 0.6 is 0 Å². The van der Waals surface area contributed by atoms with Gasteiger partial charge in [-0.1, -0.05) is 63.8 Å². The van der Waals surface area contributed by atoms with Crippen LogP contribution in [0.4, 0.5) is 0 Å². The average molecular weight is 413 g/mol. The Morgan fingerprint density at radius 1 is 0.600 bits per heavy atom. The van der Waals surface area contributed by atoms with E-state index in [1.807, 2.05) is 0 Å². The number of nitrogens with one attached hydrogen (secondary N) is 2. The van der Waals surface area contributed by atoms with Crippen molar-refractivity contribution in [2.24, 2.45) is 35.5 Å². The second kappa shape index (κ2) is 11.3. The highest BCUT2D eigenvalue weighted by atomic mass is 14.9. The molecule has 2 saturated heterocycles. The van der Waals surface area contributed by atoms with Crippen molar-refractivity contribution in [1.29, 1.82) is 0 Å². The van der Waals surface area contributed by atoms with E-state index in [2.05, 4.69) is 48.8 Å². The van der Waals surface area contributed by atoms with Crippen molar-refractivity contribution in [3.63, 3.8) is 0 Å². The molecule has 4 fully saturated rings. The third-order valence-electron chi connectivity index (χ3n) is 9.01. The monoisotopic (exact) mass is 412 g/mol. The van der Waals surface area contributed by atoms with Gasteiger partial charge in [-0.15, -0.1) is 0 Å². The third-order valence-corrected chi connectivity index (χ3v) is 9.01. The van der Waals surface area contributed by atoms with Crippen molar-refractivity contribution in [3.05, 3.63) is 24.3 Å². The SMILES string of the molecule is CC1CCC(C2CC(/C=C/C3CCCCN3)C(C)CC2/C=C/C2CCCCN2)CC1. The molecular weight excluding hydrogens is 364 g/mol. The van der Waals surface area contributed by atoms with Gasteiger partial charge in [0, 0.05) is 12.1 Å². The molecule has 2 aliphatic carbocycles. The number of hydrogen-bond acceptors (Lipinski definition) is 2. The number of piperidine rings is 2. The van der Waals surface area contributed by atoms with Gasteiger partial charge in [-0.25, -0.2) is 0 Å². The maximum atomic E-state index is 3.73. The van der Waals surface area contributed by atoms with Crippen LogP contribution in [0.25, 0.3) is 0 Å². The average Bonchev–Trinajstić information content (AvgIpc) is 2.79. The second-order valence-corrected chi connectivity index (χ2v) is 11.3. The zero-order valence-corrected chi connectivity index (χ0v) is 19.8. The first-order valence-electron chi connectivity index (χ1n) is 13.5. The summed E-state index contributed by atoms with van der Waals surface area (Å²) < 4.78 is 0. The van der Waals surface area contributed by atoms with Crippen LogP contribution in [0, 0.1) is 35.5 Å². The number of rotatable bonds is 5. The fraction of sp³-hybridized carbons (Fsp3) is 0.857. The Balaban J connectivity index is 1.42. The topological polar surface area (TPSA) is 24.1 Å². The third kappa shape index (κ3) is 6.22. The summed E-state index contributed by atoms with van der Waals surface area (Å²) in [5.74, 6) is 5.24. The first kappa shape index (κ1) is 22.6. The Bertz CT molecular complexity index is 547. The molecule has 0 amide bonds. The minimum Gasteiger partial charge on any atom is -0.311 e. The fourth-order valence-corrected chi connectivity index (χ4v) is 6.89. The van der Waals surface area contributed by atoms with Gasteiger partial charge < -0.3 is 10.6 Å². The summed E-state index contributed by atoms with van der Waals surface area (Å²) in [7, 11) is 0. The Labute approximate surface area is 186 Å². The van der Waals surface area contributed by atoms with E-state index in [0.29, 0.717) is 12.1 Å². The summed E-state index contributed by atoms with van der Waals surface area (Å²) in [6.45, 7) is 7.42. The van der Waals surface area contributed by atoms with Crippen molar-refractivity contribution in [2.75, 3.05) is 13.1 Å². The molecule has 0 aromatic rings. The van der Waals surface area contributed by atoms with Gasteiger partial charge in [-0.05, 0) is 100.0 Å². The van der Waals surface area contributed by atoms with E-state index in [9.17, 15) is 0 Å². The van der Waals surface area contributed by atoms with Crippen molar-refractivity contribution in [2.45, 2.75) is 103 Å². The zero-order chi connectivity index (χ0) is 20.8. The van der Waals surface area contributed by atoms with Crippen LogP contribution in [0.15, 0.2) is 24.3 Å². The quantitative estimate of drug-likeness (QED) is 0.504. The molecule has 2 heteroatoms. The predicted molar refractivity (Wildman–Crippen MR) is 130 cm³/mol. The van der Waals surface area contributed by atoms with Gasteiger partial charge in [-0.3, -0.25) is 0 Å². The van der Waals surface area contributed by atoms with Gasteiger partial charge in [0.15, 0.2) is 0 Å². The molecule has 6 unspecified atom stereocenters. The Morgan fingerprint density at radius 3 is 1.77 bits per heavy atom. The van der Waals surface area contributed by atoms with Crippen LogP contribution in [-0.4, -0.2) is 25.2 Å². The van der Waals surface area contributed by atoms with E-state index in [4.69, 9.17) is 0 Å². The van der Waals surface area contributed by atoms with Crippen molar-refractivity contribution < 1.29 is 0 Å². The van der Waals surface area contributed by atoms with Crippen LogP contribution < -0.4 is 10.6 Å². The fourth-order valence-electron chi connectivity index (χ4n) is 6.89. The molecule has 2 saturated carbocycles. The number of allylic oxidation sites excluding steroid dienone is 2. The van der Waals surface area contributed by atoms with Gasteiger partial charge >= 0.3 is 0 Å². The van der Waals surface area contributed by atoms with Crippen LogP contribution in [0.2, 0.25) is 0 Å². The largest absolute Gasteiger partial charge is 0.311 e. The van der Waals surface area contributed by atoms with E-state index in [-0.39, 0.29) is 0 Å². The summed E-state index contributed by atoms with van der Waals surface area (Å²) in [6, 6.07) is 1.27. The molecule has 0 aromatic carbocycles. The molecule has 170 valence electrons. The van der Waals surface area contributed by atoms with Gasteiger partial charge in [0.05, 0.1) is 0 Å². The summed E-state index contributed by atoms with van der Waals surface area (Å²) in [4.78, 5) is 0. The summed E-state index contributed by atoms with van der Waals surface area (Å²) >= 11 is 0. The molecule has 4 aliphatic rings. The molecule has 2 nitrogen and oxygen atoms in total. The van der Waals surface area contributed by atoms with Crippen molar-refractivity contribution in [3.8, 4) is 0 Å². The van der Waals surface area contributed by atoms with E-state index in [1.165, 1.54) is 90.1 Å². The summed E-state index contributed by atoms with van der Waals surface area (Å²) in [6.07, 6.45) is 27.3. The van der Waals surface area contributed by atoms with E-state index < -0.39 is 0 Å². The second-order valence-electron chi connectivity index (χ2n) is 11.3. The molecule has 6 atom stereocenters. The van der Waals surface area contributed by atoms with Gasteiger partial charge in [0.1, 0.15) is 0 Å². The highest BCUT2D eigenvalue weighted by Crippen LogP contribution is 2.47. The van der Waals surface area contributed by atoms with E-state index in [1.54, 1.807) is 0 Å². The highest BCUT2D eigenvalue weighted by molar-refractivity contribution is 5.07. The minimum absolute atomic E-state index is 0.634. The molecule has 2 aliphatic heterocycles.